The normalized spacial score (nSPS) is 10.0. The number of nitrogens with zero attached hydrogens (tertiary/aromatic N) is 1. The van der Waals surface area contributed by atoms with Gasteiger partial charge in [-0.05, 0) is 30.3 Å². The van der Waals surface area contributed by atoms with Crippen molar-refractivity contribution in [3.63, 3.8) is 0 Å². The largest absolute Gasteiger partial charge is 0.508 e. The average molecular weight is 302 g/mol. The van der Waals surface area contributed by atoms with Crippen LogP contribution in [0.3, 0.4) is 0 Å². The minimum absolute atomic E-state index is 0.0238. The molecule has 0 bridgehead atoms. The van der Waals surface area contributed by atoms with Gasteiger partial charge in [-0.3, -0.25) is 10.1 Å². The van der Waals surface area contributed by atoms with Gasteiger partial charge in [0.25, 0.3) is 5.69 Å². The average Bonchev–Trinajstić information content (AvgIpc) is 2.53. The number of aromatic hydroxyl groups is 1. The van der Waals surface area contributed by atoms with Crippen LogP contribution in [-0.2, 0) is 11.3 Å². The number of phenols is 1. The summed E-state index contributed by atoms with van der Waals surface area (Å²) in [6.07, 6.45) is 0. The molecule has 2 rings (SSSR count). The summed E-state index contributed by atoms with van der Waals surface area (Å²) in [6.45, 7) is 0.213. The van der Waals surface area contributed by atoms with E-state index in [1.807, 2.05) is 0 Å². The van der Waals surface area contributed by atoms with Crippen molar-refractivity contribution in [2.45, 2.75) is 6.54 Å². The highest BCUT2D eigenvalue weighted by molar-refractivity contribution is 5.89. The Balaban J connectivity index is 2.08. The summed E-state index contributed by atoms with van der Waals surface area (Å²) in [5, 5.41) is 23.5. The molecular weight excluding hydrogens is 288 g/mol. The lowest BCUT2D eigenvalue weighted by atomic mass is 10.1. The van der Waals surface area contributed by atoms with Gasteiger partial charge < -0.3 is 15.2 Å². The molecule has 0 unspecified atom stereocenters. The predicted octanol–water partition coefficient (Wildman–Crippen LogP) is 2.70. The second-order valence-electron chi connectivity index (χ2n) is 4.49. The topological polar surface area (TPSA) is 102 Å². The monoisotopic (exact) mass is 302 g/mol. The minimum Gasteiger partial charge on any atom is -0.508 e. The van der Waals surface area contributed by atoms with Gasteiger partial charge in [0, 0.05) is 29.9 Å². The van der Waals surface area contributed by atoms with Crippen molar-refractivity contribution < 1.29 is 19.6 Å². The van der Waals surface area contributed by atoms with E-state index in [4.69, 9.17) is 0 Å². The quantitative estimate of drug-likeness (QED) is 0.500. The number of benzene rings is 2. The Morgan fingerprint density at radius 3 is 2.55 bits per heavy atom. The maximum Gasteiger partial charge on any atom is 0.337 e. The van der Waals surface area contributed by atoms with Crippen LogP contribution in [0, 0.1) is 10.1 Å². The van der Waals surface area contributed by atoms with Gasteiger partial charge in [-0.1, -0.05) is 0 Å². The molecule has 7 heteroatoms. The molecule has 0 atom stereocenters. The maximum absolute atomic E-state index is 11.3. The lowest BCUT2D eigenvalue weighted by molar-refractivity contribution is -0.384. The number of carbonyl (C=O) groups excluding carboxylic acids is 1. The van der Waals surface area contributed by atoms with Crippen LogP contribution in [-0.4, -0.2) is 23.1 Å². The number of hydrogen-bond acceptors (Lipinski definition) is 6. The van der Waals surface area contributed by atoms with Gasteiger partial charge in [-0.15, -0.1) is 0 Å². The molecule has 0 aromatic heterocycles. The van der Waals surface area contributed by atoms with Crippen LogP contribution >= 0.6 is 0 Å². The molecule has 0 heterocycles. The summed E-state index contributed by atoms with van der Waals surface area (Å²) in [7, 11) is 1.31. The summed E-state index contributed by atoms with van der Waals surface area (Å²) in [4.78, 5) is 21.5. The van der Waals surface area contributed by atoms with Crippen LogP contribution in [0.4, 0.5) is 11.4 Å². The number of non-ortho nitro benzene ring substituents is 1. The zero-order valence-electron chi connectivity index (χ0n) is 11.8. The van der Waals surface area contributed by atoms with E-state index in [9.17, 15) is 20.0 Å². The first-order valence-electron chi connectivity index (χ1n) is 6.40. The van der Waals surface area contributed by atoms with Crippen LogP contribution in [0.15, 0.2) is 42.5 Å². The van der Waals surface area contributed by atoms with Crippen LogP contribution < -0.4 is 5.32 Å². The molecule has 0 spiro atoms. The second kappa shape index (κ2) is 6.57. The van der Waals surface area contributed by atoms with Crippen LogP contribution in [0.2, 0.25) is 0 Å². The van der Waals surface area contributed by atoms with E-state index >= 15 is 0 Å². The van der Waals surface area contributed by atoms with E-state index < -0.39 is 10.9 Å². The maximum atomic E-state index is 11.3. The smallest absolute Gasteiger partial charge is 0.337 e. The van der Waals surface area contributed by atoms with E-state index in [1.165, 1.54) is 25.3 Å². The van der Waals surface area contributed by atoms with Gasteiger partial charge in [-0.25, -0.2) is 4.79 Å². The predicted molar refractivity (Wildman–Crippen MR) is 79.9 cm³/mol. The summed E-state index contributed by atoms with van der Waals surface area (Å²) in [5.74, 6) is -0.452. The Morgan fingerprint density at radius 2 is 1.95 bits per heavy atom. The first kappa shape index (κ1) is 15.3. The fourth-order valence-corrected chi connectivity index (χ4v) is 1.87. The van der Waals surface area contributed by atoms with E-state index in [0.29, 0.717) is 16.8 Å². The van der Waals surface area contributed by atoms with Crippen molar-refractivity contribution >= 4 is 17.3 Å². The van der Waals surface area contributed by atoms with Crippen molar-refractivity contribution in [1.82, 2.24) is 0 Å². The van der Waals surface area contributed by atoms with Gasteiger partial charge in [0.15, 0.2) is 0 Å². The van der Waals surface area contributed by atoms with Gasteiger partial charge in [0.1, 0.15) is 5.75 Å². The van der Waals surface area contributed by atoms with E-state index in [1.54, 1.807) is 24.3 Å². The zero-order chi connectivity index (χ0) is 16.1. The Labute approximate surface area is 126 Å². The van der Waals surface area contributed by atoms with Crippen LogP contribution in [0.5, 0.6) is 5.75 Å². The van der Waals surface area contributed by atoms with Gasteiger partial charge in [0.2, 0.25) is 0 Å². The number of methoxy groups -OCH3 is 1. The van der Waals surface area contributed by atoms with Crippen LogP contribution in [0.1, 0.15) is 15.9 Å². The Hall–Kier alpha value is -3.09. The molecule has 7 nitrogen and oxygen atoms in total. The molecule has 2 N–H and O–H groups in total. The number of esters is 1. The number of nitro benzene ring substituents is 1. The first-order chi connectivity index (χ1) is 10.5. The van der Waals surface area contributed by atoms with Crippen molar-refractivity contribution in [2.75, 3.05) is 12.4 Å². The van der Waals surface area contributed by atoms with E-state index in [2.05, 4.69) is 10.1 Å². The second-order valence-corrected chi connectivity index (χ2v) is 4.49. The minimum atomic E-state index is -0.520. The molecule has 2 aromatic carbocycles. The number of ether oxygens (including phenoxy) is 1. The van der Waals surface area contributed by atoms with Gasteiger partial charge >= 0.3 is 5.97 Å². The molecule has 0 saturated heterocycles. The molecule has 0 amide bonds. The number of carbonyl (C=O) groups is 1. The molecule has 22 heavy (non-hydrogen) atoms. The molecule has 0 aliphatic rings. The lowest BCUT2D eigenvalue weighted by Crippen LogP contribution is -2.03. The van der Waals surface area contributed by atoms with Crippen molar-refractivity contribution in [3.05, 3.63) is 63.7 Å². The van der Waals surface area contributed by atoms with E-state index in [-0.39, 0.29) is 18.0 Å². The molecule has 0 radical (unpaired) electrons. The van der Waals surface area contributed by atoms with Crippen molar-refractivity contribution in [3.8, 4) is 5.75 Å². The number of nitrogens with one attached hydrogen (secondary N) is 1. The number of hydrogen-bond donors (Lipinski definition) is 2. The molecule has 0 aliphatic heterocycles. The standard InChI is InChI=1S/C15H14N2O5/c1-22-15(19)10-2-4-12(5-3-10)16-9-11-8-13(17(20)21)6-7-14(11)18/h2-8,16,18H,9H2,1H3. The Kier molecular flexibility index (Phi) is 4.57. The number of rotatable bonds is 5. The first-order valence-corrected chi connectivity index (χ1v) is 6.40. The summed E-state index contributed by atoms with van der Waals surface area (Å²) in [5.41, 5.74) is 1.45. The highest BCUT2D eigenvalue weighted by atomic mass is 16.6. The van der Waals surface area contributed by atoms with Crippen molar-refractivity contribution in [2.24, 2.45) is 0 Å². The molecule has 114 valence electrons. The third-order valence-electron chi connectivity index (χ3n) is 3.06. The van der Waals surface area contributed by atoms with Crippen LogP contribution in [0.25, 0.3) is 0 Å². The molecule has 2 aromatic rings. The zero-order valence-corrected chi connectivity index (χ0v) is 11.8. The van der Waals surface area contributed by atoms with Gasteiger partial charge in [0.05, 0.1) is 17.6 Å². The molecule has 0 saturated carbocycles. The molecule has 0 aliphatic carbocycles. The number of anilines is 1. The highest BCUT2D eigenvalue weighted by Gasteiger charge is 2.10. The van der Waals surface area contributed by atoms with Crippen molar-refractivity contribution in [1.29, 1.82) is 0 Å². The third kappa shape index (κ3) is 3.51. The number of nitro groups is 1. The summed E-state index contributed by atoms with van der Waals surface area (Å²) < 4.78 is 4.60. The Morgan fingerprint density at radius 1 is 1.27 bits per heavy atom. The fourth-order valence-electron chi connectivity index (χ4n) is 1.87. The SMILES string of the molecule is COC(=O)c1ccc(NCc2cc([N+](=O)[O-])ccc2O)cc1. The highest BCUT2D eigenvalue weighted by Crippen LogP contribution is 2.24. The lowest BCUT2D eigenvalue weighted by Gasteiger charge is -2.08. The fraction of sp³-hybridized carbons (Fsp3) is 0.133. The van der Waals surface area contributed by atoms with E-state index in [0.717, 1.165) is 0 Å². The molecular formula is C15H14N2O5. The number of phenolic OH excluding ortho intramolecular Hbond substituents is 1. The third-order valence-corrected chi connectivity index (χ3v) is 3.06. The van der Waals surface area contributed by atoms with Gasteiger partial charge in [-0.2, -0.15) is 0 Å². The Bertz CT molecular complexity index is 698. The molecule has 0 fully saturated rings. The summed E-state index contributed by atoms with van der Waals surface area (Å²) in [6, 6.07) is 10.4. The summed E-state index contributed by atoms with van der Waals surface area (Å²) >= 11 is 0.